The zero-order valence-corrected chi connectivity index (χ0v) is 9.59. The van der Waals surface area contributed by atoms with Gasteiger partial charge in [-0.3, -0.25) is 0 Å². The molecule has 1 aliphatic rings. The summed E-state index contributed by atoms with van der Waals surface area (Å²) in [4.78, 5) is 3.78. The van der Waals surface area contributed by atoms with Crippen LogP contribution in [0.4, 0.5) is 0 Å². The van der Waals surface area contributed by atoms with E-state index in [2.05, 4.69) is 20.9 Å². The predicted molar refractivity (Wildman–Crippen MR) is 55.9 cm³/mol. The topological polar surface area (TPSA) is 59.6 Å². The number of hydrogen-bond donors (Lipinski definition) is 0. The van der Waals surface area contributed by atoms with E-state index < -0.39 is 9.84 Å². The van der Waals surface area contributed by atoms with Crippen LogP contribution in [-0.2, 0) is 9.84 Å². The number of rotatable bonds is 1. The van der Waals surface area contributed by atoms with Crippen molar-refractivity contribution in [2.45, 2.75) is 6.92 Å². The van der Waals surface area contributed by atoms with Gasteiger partial charge in [-0.1, -0.05) is 0 Å². The molecule has 1 aromatic heterocycles. The molecule has 14 heavy (non-hydrogen) atoms. The van der Waals surface area contributed by atoms with Gasteiger partial charge in [-0.25, -0.2) is 13.4 Å². The Bertz CT molecular complexity index is 539. The van der Waals surface area contributed by atoms with Gasteiger partial charge in [-0.15, -0.1) is 0 Å². The molecule has 2 heterocycles. The quantitative estimate of drug-likeness (QED) is 0.787. The zero-order valence-electron chi connectivity index (χ0n) is 7.19. The monoisotopic (exact) mass is 275 g/mol. The first-order valence-electron chi connectivity index (χ1n) is 3.77. The van der Waals surface area contributed by atoms with E-state index in [1.807, 2.05) is 0 Å². The Hall–Kier alpha value is -0.880. The average Bonchev–Trinajstić information content (AvgIpc) is 2.60. The van der Waals surface area contributed by atoms with E-state index in [4.69, 9.17) is 4.42 Å². The standard InChI is InChI=1S/C8H6BrNO3S/c1-5-2-3-6(13-5)8-10-4-7(9)14(8,11)12/h2-4H,1H3. The Morgan fingerprint density at radius 1 is 1.43 bits per heavy atom. The van der Waals surface area contributed by atoms with Crippen molar-refractivity contribution in [1.29, 1.82) is 0 Å². The number of halogens is 1. The molecule has 0 saturated carbocycles. The van der Waals surface area contributed by atoms with E-state index >= 15 is 0 Å². The summed E-state index contributed by atoms with van der Waals surface area (Å²) in [6, 6.07) is 3.28. The van der Waals surface area contributed by atoms with E-state index in [1.54, 1.807) is 19.1 Å². The predicted octanol–water partition coefficient (Wildman–Crippen LogP) is 1.96. The lowest BCUT2D eigenvalue weighted by Crippen LogP contribution is -2.11. The van der Waals surface area contributed by atoms with Crippen LogP contribution in [0, 0.1) is 6.92 Å². The summed E-state index contributed by atoms with van der Waals surface area (Å²) in [6.07, 6.45) is 1.25. The molecule has 0 saturated heterocycles. The van der Waals surface area contributed by atoms with E-state index in [1.165, 1.54) is 6.20 Å². The van der Waals surface area contributed by atoms with Gasteiger partial charge in [0.25, 0.3) is 0 Å². The van der Waals surface area contributed by atoms with Gasteiger partial charge in [0.2, 0.25) is 14.9 Å². The van der Waals surface area contributed by atoms with Gasteiger partial charge in [0.05, 0.1) is 6.20 Å². The Kier molecular flexibility index (Phi) is 2.11. The third-order valence-corrected chi connectivity index (χ3v) is 4.66. The highest BCUT2D eigenvalue weighted by atomic mass is 79.9. The molecule has 1 aliphatic heterocycles. The molecule has 0 N–H and O–H groups in total. The fraction of sp³-hybridized carbons (Fsp3) is 0.125. The molecule has 0 aliphatic carbocycles. The number of aryl methyl sites for hydroxylation is 1. The maximum absolute atomic E-state index is 11.6. The van der Waals surface area contributed by atoms with Crippen molar-refractivity contribution in [3.63, 3.8) is 0 Å². The molecule has 1 aromatic rings. The van der Waals surface area contributed by atoms with Crippen molar-refractivity contribution in [1.82, 2.24) is 0 Å². The molecule has 0 amide bonds. The van der Waals surface area contributed by atoms with Crippen LogP contribution in [0.2, 0.25) is 0 Å². The van der Waals surface area contributed by atoms with Gasteiger partial charge in [-0.2, -0.15) is 0 Å². The molecule has 0 fully saturated rings. The van der Waals surface area contributed by atoms with Gasteiger partial charge >= 0.3 is 0 Å². The molecule has 0 aromatic carbocycles. The van der Waals surface area contributed by atoms with Gasteiger partial charge in [-0.05, 0) is 35.0 Å². The lowest BCUT2D eigenvalue weighted by atomic mass is 10.4. The van der Waals surface area contributed by atoms with Crippen LogP contribution >= 0.6 is 15.9 Å². The van der Waals surface area contributed by atoms with Crippen LogP contribution in [0.5, 0.6) is 0 Å². The molecule has 0 radical (unpaired) electrons. The highest BCUT2D eigenvalue weighted by Gasteiger charge is 2.31. The van der Waals surface area contributed by atoms with E-state index in [9.17, 15) is 8.42 Å². The normalized spacial score (nSPS) is 19.3. The fourth-order valence-corrected chi connectivity index (χ4v) is 2.59. The van der Waals surface area contributed by atoms with Crippen molar-refractivity contribution >= 4 is 30.8 Å². The molecule has 0 unspecified atom stereocenters. The van der Waals surface area contributed by atoms with Crippen molar-refractivity contribution < 1.29 is 12.8 Å². The summed E-state index contributed by atoms with van der Waals surface area (Å²) < 4.78 is 28.4. The summed E-state index contributed by atoms with van der Waals surface area (Å²) in [5.41, 5.74) is 0. The second-order valence-corrected chi connectivity index (χ2v) is 5.99. The molecule has 2 rings (SSSR count). The Labute approximate surface area is 89.4 Å². The third kappa shape index (κ3) is 1.34. The second kappa shape index (κ2) is 3.06. The van der Waals surface area contributed by atoms with Crippen LogP contribution in [0.3, 0.4) is 0 Å². The molecule has 0 spiro atoms. The highest BCUT2D eigenvalue weighted by Crippen LogP contribution is 2.26. The zero-order chi connectivity index (χ0) is 10.3. The summed E-state index contributed by atoms with van der Waals surface area (Å²) in [5, 5.41) is -0.0440. The number of sulfone groups is 1. The lowest BCUT2D eigenvalue weighted by molar-refractivity contribution is 0.526. The lowest BCUT2D eigenvalue weighted by Gasteiger charge is -1.96. The maximum Gasteiger partial charge on any atom is 0.235 e. The molecular formula is C8H6BrNO3S. The van der Waals surface area contributed by atoms with Crippen LogP contribution < -0.4 is 0 Å². The first-order chi connectivity index (χ1) is 6.51. The van der Waals surface area contributed by atoms with Crippen molar-refractivity contribution in [2.75, 3.05) is 0 Å². The van der Waals surface area contributed by atoms with E-state index in [-0.39, 0.29) is 14.6 Å². The van der Waals surface area contributed by atoms with Gasteiger partial charge in [0.1, 0.15) is 9.57 Å². The maximum atomic E-state index is 11.6. The number of nitrogens with zero attached hydrogens (tertiary/aromatic N) is 1. The minimum Gasteiger partial charge on any atom is -0.459 e. The third-order valence-electron chi connectivity index (χ3n) is 1.75. The SMILES string of the molecule is Cc1ccc(C2=NC=C(Br)S2(=O)=O)o1. The van der Waals surface area contributed by atoms with Crippen molar-refractivity contribution in [2.24, 2.45) is 4.99 Å². The first-order valence-corrected chi connectivity index (χ1v) is 6.05. The molecule has 4 nitrogen and oxygen atoms in total. The summed E-state index contributed by atoms with van der Waals surface area (Å²) in [5.74, 6) is 0.925. The summed E-state index contributed by atoms with van der Waals surface area (Å²) in [7, 11) is -3.47. The van der Waals surface area contributed by atoms with E-state index in [0.717, 1.165) is 0 Å². The van der Waals surface area contributed by atoms with Crippen LogP contribution in [0.15, 0.2) is 31.6 Å². The molecular weight excluding hydrogens is 270 g/mol. The smallest absolute Gasteiger partial charge is 0.235 e. The van der Waals surface area contributed by atoms with Gasteiger partial charge < -0.3 is 4.42 Å². The summed E-state index contributed by atoms with van der Waals surface area (Å²) in [6.45, 7) is 1.74. The van der Waals surface area contributed by atoms with Crippen LogP contribution in [0.25, 0.3) is 0 Å². The molecule has 6 heteroatoms. The van der Waals surface area contributed by atoms with Crippen LogP contribution in [0.1, 0.15) is 11.5 Å². The Morgan fingerprint density at radius 2 is 2.14 bits per heavy atom. The van der Waals surface area contributed by atoms with Crippen molar-refractivity contribution in [3.05, 3.63) is 33.7 Å². The summed E-state index contributed by atoms with van der Waals surface area (Å²) >= 11 is 2.92. The number of aliphatic imine (C=N–C) groups is 1. The van der Waals surface area contributed by atoms with E-state index in [0.29, 0.717) is 5.76 Å². The Balaban J connectivity index is 2.51. The second-order valence-electron chi connectivity index (χ2n) is 2.78. The van der Waals surface area contributed by atoms with Crippen molar-refractivity contribution in [3.8, 4) is 0 Å². The highest BCUT2D eigenvalue weighted by molar-refractivity contribution is 9.14. The molecule has 0 bridgehead atoms. The molecule has 0 atom stereocenters. The van der Waals surface area contributed by atoms with Gasteiger partial charge in [0, 0.05) is 0 Å². The fourth-order valence-electron chi connectivity index (χ4n) is 1.09. The first kappa shape index (κ1) is 9.67. The number of hydrogen-bond acceptors (Lipinski definition) is 4. The van der Waals surface area contributed by atoms with Crippen LogP contribution in [-0.4, -0.2) is 13.5 Å². The number of furan rings is 1. The minimum atomic E-state index is -3.47. The molecule has 74 valence electrons. The average molecular weight is 276 g/mol. The van der Waals surface area contributed by atoms with Gasteiger partial charge in [0.15, 0.2) is 5.76 Å². The Morgan fingerprint density at radius 3 is 2.57 bits per heavy atom. The largest absolute Gasteiger partial charge is 0.459 e. The minimum absolute atomic E-state index is 0.0440.